The molecule has 0 aliphatic heterocycles. The van der Waals surface area contributed by atoms with Crippen molar-refractivity contribution in [2.24, 2.45) is 0 Å². The summed E-state index contributed by atoms with van der Waals surface area (Å²) in [5.41, 5.74) is 11.4. The van der Waals surface area contributed by atoms with Crippen molar-refractivity contribution in [3.63, 3.8) is 0 Å². The Bertz CT molecular complexity index is 2240. The lowest BCUT2D eigenvalue weighted by molar-refractivity contribution is 1.25. The highest BCUT2D eigenvalue weighted by Crippen LogP contribution is 2.44. The van der Waals surface area contributed by atoms with Gasteiger partial charge < -0.3 is 0 Å². The number of hydrogen-bond acceptors (Lipinski definition) is 2. The van der Waals surface area contributed by atoms with Crippen LogP contribution >= 0.6 is 0 Å². The van der Waals surface area contributed by atoms with Crippen LogP contribution in [0.15, 0.2) is 134 Å². The van der Waals surface area contributed by atoms with Crippen molar-refractivity contribution in [2.75, 3.05) is 0 Å². The number of nitrogens with zero attached hydrogens (tertiary/aromatic N) is 2. The predicted octanol–water partition coefficient (Wildman–Crippen LogP) is 10.7. The summed E-state index contributed by atoms with van der Waals surface area (Å²) < 4.78 is 0. The molecule has 0 aliphatic carbocycles. The second-order valence-corrected chi connectivity index (χ2v) is 11.1. The Hall–Kier alpha value is -5.34. The van der Waals surface area contributed by atoms with Gasteiger partial charge in [-0.05, 0) is 86.5 Å². The average molecular weight is 537 g/mol. The Labute approximate surface area is 244 Å². The zero-order valence-electron chi connectivity index (χ0n) is 23.6. The van der Waals surface area contributed by atoms with Crippen molar-refractivity contribution >= 4 is 43.4 Å². The van der Waals surface area contributed by atoms with Crippen LogP contribution in [-0.4, -0.2) is 9.97 Å². The monoisotopic (exact) mass is 536 g/mol. The van der Waals surface area contributed by atoms with Gasteiger partial charge in [0, 0.05) is 22.7 Å². The van der Waals surface area contributed by atoms with Gasteiger partial charge in [0.15, 0.2) is 0 Å². The van der Waals surface area contributed by atoms with Crippen LogP contribution in [0, 0.1) is 13.8 Å². The minimum atomic E-state index is 0.955. The molecule has 2 aromatic heterocycles. The number of aromatic nitrogens is 2. The Balaban J connectivity index is 1.34. The molecule has 0 aliphatic rings. The van der Waals surface area contributed by atoms with Gasteiger partial charge in [-0.2, -0.15) is 0 Å². The fourth-order valence-electron chi connectivity index (χ4n) is 6.53. The van der Waals surface area contributed by atoms with Gasteiger partial charge in [0.2, 0.25) is 0 Å². The van der Waals surface area contributed by atoms with Crippen molar-refractivity contribution in [3.05, 3.63) is 145 Å². The summed E-state index contributed by atoms with van der Waals surface area (Å²) in [6.07, 6.45) is 1.93. The zero-order chi connectivity index (χ0) is 28.2. The highest BCUT2D eigenvalue weighted by atomic mass is 14.7. The van der Waals surface area contributed by atoms with Gasteiger partial charge in [-0.25, -0.2) is 0 Å². The van der Waals surface area contributed by atoms with Gasteiger partial charge in [0.1, 0.15) is 0 Å². The molecule has 2 nitrogen and oxygen atoms in total. The molecule has 0 atom stereocenters. The third kappa shape index (κ3) is 3.88. The normalized spacial score (nSPS) is 11.6. The summed E-state index contributed by atoms with van der Waals surface area (Å²) in [6, 6.07) is 46.2. The van der Waals surface area contributed by atoms with Crippen LogP contribution in [0.5, 0.6) is 0 Å². The van der Waals surface area contributed by atoms with E-state index in [1.807, 2.05) is 6.20 Å². The van der Waals surface area contributed by atoms with Gasteiger partial charge in [0.25, 0.3) is 0 Å². The zero-order valence-corrected chi connectivity index (χ0v) is 23.6. The number of rotatable bonds is 3. The Morgan fingerprint density at radius 3 is 1.62 bits per heavy atom. The molecular formula is C40H28N2. The van der Waals surface area contributed by atoms with Crippen LogP contribution in [-0.2, 0) is 0 Å². The molecule has 0 unspecified atom stereocenters. The molecule has 0 saturated carbocycles. The first-order valence-electron chi connectivity index (χ1n) is 14.4. The molecule has 0 fully saturated rings. The lowest BCUT2D eigenvalue weighted by atomic mass is 9.85. The lowest BCUT2D eigenvalue weighted by Gasteiger charge is -2.18. The van der Waals surface area contributed by atoms with E-state index in [1.165, 1.54) is 54.9 Å². The first kappa shape index (κ1) is 24.5. The summed E-state index contributed by atoms with van der Waals surface area (Å²) >= 11 is 0. The van der Waals surface area contributed by atoms with Gasteiger partial charge in [-0.15, -0.1) is 0 Å². The molecule has 2 heteroatoms. The summed E-state index contributed by atoms with van der Waals surface area (Å²) in [5, 5.41) is 7.32. The second kappa shape index (κ2) is 9.64. The van der Waals surface area contributed by atoms with Gasteiger partial charge >= 0.3 is 0 Å². The molecule has 0 spiro atoms. The number of hydrogen-bond donors (Lipinski definition) is 0. The van der Waals surface area contributed by atoms with Gasteiger partial charge in [-0.3, -0.25) is 9.97 Å². The summed E-state index contributed by atoms with van der Waals surface area (Å²) in [5.74, 6) is 0. The molecule has 0 saturated heterocycles. The van der Waals surface area contributed by atoms with Crippen LogP contribution in [0.4, 0.5) is 0 Å². The SMILES string of the molecule is Cc1cnc2c(ccc3c(-c4ccc(-c5c6ccccc6c(-c6ccccc6)c6ccccc56)cc4)cc(C)nc32)c1. The maximum atomic E-state index is 4.92. The average Bonchev–Trinajstić information content (AvgIpc) is 3.03. The van der Waals surface area contributed by atoms with E-state index in [-0.39, 0.29) is 0 Å². The predicted molar refractivity (Wildman–Crippen MR) is 178 cm³/mol. The lowest BCUT2D eigenvalue weighted by Crippen LogP contribution is -1.93. The van der Waals surface area contributed by atoms with Crippen molar-refractivity contribution < 1.29 is 0 Å². The van der Waals surface area contributed by atoms with E-state index in [4.69, 9.17) is 9.97 Å². The molecule has 8 aromatic rings. The molecule has 0 bridgehead atoms. The van der Waals surface area contributed by atoms with E-state index in [0.717, 1.165) is 33.1 Å². The quantitative estimate of drug-likeness (QED) is 0.166. The summed E-state index contributed by atoms with van der Waals surface area (Å²) in [7, 11) is 0. The molecule has 0 radical (unpaired) electrons. The van der Waals surface area contributed by atoms with Crippen molar-refractivity contribution in [2.45, 2.75) is 13.8 Å². The Morgan fingerprint density at radius 2 is 1.00 bits per heavy atom. The minimum Gasteiger partial charge on any atom is -0.254 e. The molecule has 8 rings (SSSR count). The maximum absolute atomic E-state index is 4.92. The van der Waals surface area contributed by atoms with Crippen LogP contribution in [0.25, 0.3) is 76.7 Å². The van der Waals surface area contributed by atoms with Crippen molar-refractivity contribution in [1.82, 2.24) is 9.97 Å². The molecule has 42 heavy (non-hydrogen) atoms. The first-order chi connectivity index (χ1) is 20.7. The topological polar surface area (TPSA) is 25.8 Å². The van der Waals surface area contributed by atoms with E-state index in [1.54, 1.807) is 0 Å². The fourth-order valence-corrected chi connectivity index (χ4v) is 6.53. The highest BCUT2D eigenvalue weighted by molar-refractivity contribution is 6.21. The van der Waals surface area contributed by atoms with E-state index in [0.29, 0.717) is 0 Å². The molecule has 2 heterocycles. The number of fused-ring (bicyclic) bond motifs is 5. The number of benzene rings is 6. The van der Waals surface area contributed by atoms with Gasteiger partial charge in [0.05, 0.1) is 11.0 Å². The molecule has 198 valence electrons. The second-order valence-electron chi connectivity index (χ2n) is 11.1. The van der Waals surface area contributed by atoms with Crippen molar-refractivity contribution in [1.29, 1.82) is 0 Å². The fraction of sp³-hybridized carbons (Fsp3) is 0.0500. The Kier molecular flexibility index (Phi) is 5.61. The third-order valence-corrected chi connectivity index (χ3v) is 8.37. The first-order valence-corrected chi connectivity index (χ1v) is 14.4. The van der Waals surface area contributed by atoms with Crippen LogP contribution in [0.1, 0.15) is 11.3 Å². The number of aryl methyl sites for hydroxylation is 2. The minimum absolute atomic E-state index is 0.955. The summed E-state index contributed by atoms with van der Waals surface area (Å²) in [4.78, 5) is 9.69. The molecular weight excluding hydrogens is 508 g/mol. The van der Waals surface area contributed by atoms with E-state index in [9.17, 15) is 0 Å². The molecule has 0 N–H and O–H groups in total. The molecule has 0 amide bonds. The van der Waals surface area contributed by atoms with E-state index < -0.39 is 0 Å². The Morgan fingerprint density at radius 1 is 0.452 bits per heavy atom. The highest BCUT2D eigenvalue weighted by Gasteiger charge is 2.17. The standard InChI is InChI=1S/C40H28N2/c1-25-22-30-20-21-35-36(23-26(2)42-40(35)39(30)41-24-25)27-16-18-29(19-17-27)38-33-14-8-6-12-31(33)37(28-10-4-3-5-11-28)32-13-7-9-15-34(32)38/h3-24H,1-2H3. The van der Waals surface area contributed by atoms with E-state index >= 15 is 0 Å². The van der Waals surface area contributed by atoms with Gasteiger partial charge in [-0.1, -0.05) is 115 Å². The largest absolute Gasteiger partial charge is 0.254 e. The maximum Gasteiger partial charge on any atom is 0.0973 e. The smallest absolute Gasteiger partial charge is 0.0973 e. The van der Waals surface area contributed by atoms with Crippen molar-refractivity contribution in [3.8, 4) is 33.4 Å². The van der Waals surface area contributed by atoms with Crippen LogP contribution in [0.2, 0.25) is 0 Å². The van der Waals surface area contributed by atoms with Crippen LogP contribution < -0.4 is 0 Å². The third-order valence-electron chi connectivity index (χ3n) is 8.37. The van der Waals surface area contributed by atoms with E-state index in [2.05, 4.69) is 141 Å². The molecule has 6 aromatic carbocycles. The van der Waals surface area contributed by atoms with Crippen LogP contribution in [0.3, 0.4) is 0 Å². The number of pyridine rings is 2. The summed E-state index contributed by atoms with van der Waals surface area (Å²) in [6.45, 7) is 4.14.